The number of hydrogen-bond donors (Lipinski definition) is 7. The van der Waals surface area contributed by atoms with Crippen LogP contribution in [0.3, 0.4) is 0 Å². The summed E-state index contributed by atoms with van der Waals surface area (Å²) >= 11 is 0. The van der Waals surface area contributed by atoms with Gasteiger partial charge in [-0.05, 0) is 19.8 Å². The highest BCUT2D eigenvalue weighted by Gasteiger charge is 2.38. The lowest BCUT2D eigenvalue weighted by atomic mass is 10.1. The Morgan fingerprint density at radius 2 is 2.03 bits per heavy atom. The minimum absolute atomic E-state index is 0.0246. The largest absolute Gasteiger partial charge is 0.480 e. The third kappa shape index (κ3) is 6.23. The van der Waals surface area contributed by atoms with E-state index in [1.165, 1.54) is 24.3 Å². The summed E-state index contributed by atoms with van der Waals surface area (Å²) in [7, 11) is 0. The zero-order valence-corrected chi connectivity index (χ0v) is 17.0. The maximum atomic E-state index is 12.9. The van der Waals surface area contributed by atoms with Crippen LogP contribution in [0.2, 0.25) is 0 Å². The third-order valence-corrected chi connectivity index (χ3v) is 5.05. The van der Waals surface area contributed by atoms with E-state index in [0.717, 1.165) is 0 Å². The number of nitrogens with one attached hydrogen (secondary N) is 3. The van der Waals surface area contributed by atoms with Gasteiger partial charge in [-0.1, -0.05) is 0 Å². The molecule has 31 heavy (non-hydrogen) atoms. The predicted molar refractivity (Wildman–Crippen MR) is 105 cm³/mol. The van der Waals surface area contributed by atoms with Crippen molar-refractivity contribution in [3.63, 3.8) is 0 Å². The van der Waals surface area contributed by atoms with Crippen LogP contribution in [-0.4, -0.2) is 97.3 Å². The van der Waals surface area contributed by atoms with Crippen molar-refractivity contribution < 1.29 is 34.5 Å². The van der Waals surface area contributed by atoms with Crippen LogP contribution in [0.1, 0.15) is 25.5 Å². The summed E-state index contributed by atoms with van der Waals surface area (Å²) in [6.07, 6.45) is 2.59. The van der Waals surface area contributed by atoms with E-state index in [2.05, 4.69) is 20.6 Å². The van der Waals surface area contributed by atoms with Gasteiger partial charge < -0.3 is 41.6 Å². The van der Waals surface area contributed by atoms with E-state index in [4.69, 9.17) is 15.9 Å². The minimum Gasteiger partial charge on any atom is -0.480 e. The second-order valence-corrected chi connectivity index (χ2v) is 7.38. The molecule has 2 heterocycles. The summed E-state index contributed by atoms with van der Waals surface area (Å²) < 4.78 is 0. The van der Waals surface area contributed by atoms with E-state index in [0.29, 0.717) is 18.5 Å². The minimum atomic E-state index is -1.54. The van der Waals surface area contributed by atoms with Crippen molar-refractivity contribution in [3.05, 3.63) is 18.2 Å². The average Bonchev–Trinajstić information content (AvgIpc) is 3.41. The molecule has 1 aliphatic rings. The van der Waals surface area contributed by atoms with Crippen LogP contribution in [0.25, 0.3) is 0 Å². The van der Waals surface area contributed by atoms with Gasteiger partial charge in [0.05, 0.1) is 19.0 Å². The molecule has 0 bridgehead atoms. The van der Waals surface area contributed by atoms with Gasteiger partial charge >= 0.3 is 5.97 Å². The number of aliphatic hydroxyl groups excluding tert-OH is 2. The highest BCUT2D eigenvalue weighted by molar-refractivity contribution is 5.94. The molecule has 13 heteroatoms. The van der Waals surface area contributed by atoms with Gasteiger partial charge in [0.2, 0.25) is 17.7 Å². The number of carbonyl (C=O) groups excluding carboxylic acids is 3. The monoisotopic (exact) mass is 440 g/mol. The van der Waals surface area contributed by atoms with Crippen molar-refractivity contribution in [2.24, 2.45) is 5.73 Å². The Labute approximate surface area is 178 Å². The molecule has 5 unspecified atom stereocenters. The van der Waals surface area contributed by atoms with Crippen molar-refractivity contribution in [1.29, 1.82) is 0 Å². The number of carboxylic acids is 1. The Morgan fingerprint density at radius 1 is 1.32 bits per heavy atom. The van der Waals surface area contributed by atoms with Crippen LogP contribution in [0.15, 0.2) is 12.5 Å². The third-order valence-electron chi connectivity index (χ3n) is 5.05. The zero-order valence-electron chi connectivity index (χ0n) is 17.0. The van der Waals surface area contributed by atoms with E-state index < -0.39 is 60.6 Å². The SMILES string of the molecule is CC(O)C(N)C(=O)N1CCCC1C(=O)NC(Cc1cnc[nH]1)C(=O)NC(CO)C(=O)O. The first-order valence-electron chi connectivity index (χ1n) is 9.81. The average molecular weight is 440 g/mol. The number of aromatic nitrogens is 2. The van der Waals surface area contributed by atoms with Gasteiger partial charge in [-0.3, -0.25) is 14.4 Å². The summed E-state index contributed by atoms with van der Waals surface area (Å²) in [5, 5.41) is 32.5. The van der Waals surface area contributed by atoms with Crippen LogP contribution in [0, 0.1) is 0 Å². The number of aliphatic carboxylic acids is 1. The quantitative estimate of drug-likeness (QED) is 0.194. The molecule has 3 amide bonds. The maximum absolute atomic E-state index is 12.9. The van der Waals surface area contributed by atoms with Gasteiger partial charge in [0.1, 0.15) is 24.2 Å². The molecule has 0 radical (unpaired) electrons. The number of nitrogens with zero attached hydrogens (tertiary/aromatic N) is 2. The summed E-state index contributed by atoms with van der Waals surface area (Å²) in [5.41, 5.74) is 6.22. The summed E-state index contributed by atoms with van der Waals surface area (Å²) in [6, 6.07) is -4.80. The van der Waals surface area contributed by atoms with Crippen molar-refractivity contribution in [1.82, 2.24) is 25.5 Å². The summed E-state index contributed by atoms with van der Waals surface area (Å²) in [6.45, 7) is 0.826. The fourth-order valence-corrected chi connectivity index (χ4v) is 3.25. The number of likely N-dealkylation sites (tertiary alicyclic amines) is 1. The smallest absolute Gasteiger partial charge is 0.328 e. The molecule has 0 aromatic carbocycles. The lowest BCUT2D eigenvalue weighted by Crippen LogP contribution is -2.58. The number of H-pyrrole nitrogens is 1. The van der Waals surface area contributed by atoms with Crippen molar-refractivity contribution in [2.75, 3.05) is 13.2 Å². The van der Waals surface area contributed by atoms with E-state index in [1.807, 2.05) is 0 Å². The van der Waals surface area contributed by atoms with Crippen molar-refractivity contribution in [2.45, 2.75) is 56.5 Å². The first kappa shape index (κ1) is 24.2. The van der Waals surface area contributed by atoms with Crippen LogP contribution in [0.4, 0.5) is 0 Å². The van der Waals surface area contributed by atoms with Crippen LogP contribution < -0.4 is 16.4 Å². The van der Waals surface area contributed by atoms with Gasteiger partial charge in [0.15, 0.2) is 0 Å². The summed E-state index contributed by atoms with van der Waals surface area (Å²) in [4.78, 5) is 57.1. The Kier molecular flexibility index (Phi) is 8.47. The summed E-state index contributed by atoms with van der Waals surface area (Å²) in [5.74, 6) is -3.43. The molecule has 13 nitrogen and oxygen atoms in total. The van der Waals surface area contributed by atoms with E-state index in [-0.39, 0.29) is 13.0 Å². The molecule has 0 spiro atoms. The van der Waals surface area contributed by atoms with Gasteiger partial charge in [0, 0.05) is 24.9 Å². The topological polar surface area (TPSA) is 211 Å². The molecule has 1 aliphatic heterocycles. The number of hydrogen-bond acceptors (Lipinski definition) is 8. The maximum Gasteiger partial charge on any atom is 0.328 e. The fraction of sp³-hybridized carbons (Fsp3) is 0.611. The number of carboxylic acid groups (broad SMARTS) is 1. The first-order chi connectivity index (χ1) is 14.6. The Balaban J connectivity index is 2.15. The highest BCUT2D eigenvalue weighted by Crippen LogP contribution is 2.19. The number of rotatable bonds is 10. The van der Waals surface area contributed by atoms with Crippen LogP contribution >= 0.6 is 0 Å². The number of aliphatic hydroxyl groups is 2. The molecule has 8 N–H and O–H groups in total. The van der Waals surface area contributed by atoms with Crippen LogP contribution in [-0.2, 0) is 25.6 Å². The molecule has 172 valence electrons. The second-order valence-electron chi connectivity index (χ2n) is 7.38. The molecule has 1 aromatic heterocycles. The zero-order chi connectivity index (χ0) is 23.1. The van der Waals surface area contributed by atoms with Crippen molar-refractivity contribution in [3.8, 4) is 0 Å². The molecule has 1 saturated heterocycles. The molecular weight excluding hydrogens is 412 g/mol. The van der Waals surface area contributed by atoms with Gasteiger partial charge in [-0.25, -0.2) is 9.78 Å². The molecule has 0 saturated carbocycles. The van der Waals surface area contributed by atoms with Gasteiger partial charge in [-0.15, -0.1) is 0 Å². The Bertz CT molecular complexity index is 784. The highest BCUT2D eigenvalue weighted by atomic mass is 16.4. The number of amides is 3. The molecule has 1 aromatic rings. The molecule has 0 aliphatic carbocycles. The van der Waals surface area contributed by atoms with Gasteiger partial charge in [0.25, 0.3) is 0 Å². The van der Waals surface area contributed by atoms with Crippen molar-refractivity contribution >= 4 is 23.7 Å². The Morgan fingerprint density at radius 3 is 2.58 bits per heavy atom. The van der Waals surface area contributed by atoms with E-state index in [9.17, 15) is 24.3 Å². The number of aromatic amines is 1. The predicted octanol–water partition coefficient (Wildman–Crippen LogP) is -3.30. The van der Waals surface area contributed by atoms with E-state index >= 15 is 0 Å². The fourth-order valence-electron chi connectivity index (χ4n) is 3.25. The molecule has 5 atom stereocenters. The Hall–Kier alpha value is -3.03. The lowest BCUT2D eigenvalue weighted by Gasteiger charge is -2.29. The van der Waals surface area contributed by atoms with Crippen LogP contribution in [0.5, 0.6) is 0 Å². The van der Waals surface area contributed by atoms with E-state index in [1.54, 1.807) is 0 Å². The van der Waals surface area contributed by atoms with Gasteiger partial charge in [-0.2, -0.15) is 0 Å². The first-order valence-corrected chi connectivity index (χ1v) is 9.81. The normalized spacial score (nSPS) is 19.9. The lowest BCUT2D eigenvalue weighted by molar-refractivity contribution is -0.144. The second kappa shape index (κ2) is 10.8. The standard InChI is InChI=1S/C18H28N6O7/c1-9(26)14(19)17(29)24-4-2-3-13(24)16(28)22-11(5-10-6-20-8-21-10)15(27)23-12(7-25)18(30)31/h6,8-9,11-14,25-26H,2-5,7,19H2,1H3,(H,20,21)(H,22,28)(H,23,27)(H,30,31). The number of nitrogens with two attached hydrogens (primary N) is 1. The molecule has 1 fully saturated rings. The molecular formula is C18H28N6O7. The number of carbonyl (C=O) groups is 4. The number of imidazole rings is 1. The molecule has 2 rings (SSSR count).